The van der Waals surface area contributed by atoms with Crippen LogP contribution in [0, 0.1) is 0 Å². The quantitative estimate of drug-likeness (QED) is 0.649. The van der Waals surface area contributed by atoms with E-state index in [2.05, 4.69) is 69.0 Å². The standard InChI is InChI=1S/C18H18N4S2/c23-17(21-9-10-21)19-15-5-1-13(2-6-15)14-3-7-16(8-4-14)20-18(24)22-11-12-22/h1-8H,9-12H2,(H,19,23)(H,20,24). The summed E-state index contributed by atoms with van der Waals surface area (Å²) in [5.41, 5.74) is 4.41. The summed E-state index contributed by atoms with van der Waals surface area (Å²) < 4.78 is 0. The summed E-state index contributed by atoms with van der Waals surface area (Å²) in [5, 5.41) is 8.13. The van der Waals surface area contributed by atoms with Gasteiger partial charge in [-0.1, -0.05) is 24.3 Å². The molecule has 2 saturated heterocycles. The van der Waals surface area contributed by atoms with E-state index in [0.29, 0.717) is 0 Å². The van der Waals surface area contributed by atoms with E-state index in [1.165, 1.54) is 11.1 Å². The molecular formula is C18H18N4S2. The summed E-state index contributed by atoms with van der Waals surface area (Å²) in [5.74, 6) is 0. The van der Waals surface area contributed by atoms with Gasteiger partial charge in [0.05, 0.1) is 0 Å². The molecule has 0 saturated carbocycles. The highest BCUT2D eigenvalue weighted by Gasteiger charge is 2.21. The number of anilines is 2. The lowest BCUT2D eigenvalue weighted by molar-refractivity contribution is 0.862. The van der Waals surface area contributed by atoms with Crippen LogP contribution in [0.25, 0.3) is 11.1 Å². The van der Waals surface area contributed by atoms with E-state index in [0.717, 1.165) is 47.8 Å². The largest absolute Gasteiger partial charge is 0.345 e. The van der Waals surface area contributed by atoms with E-state index < -0.39 is 0 Å². The van der Waals surface area contributed by atoms with Crippen LogP contribution in [-0.4, -0.2) is 46.2 Å². The molecule has 2 aromatic rings. The molecule has 2 heterocycles. The number of hydrogen-bond acceptors (Lipinski definition) is 2. The number of thiocarbonyl (C=S) groups is 2. The first kappa shape index (κ1) is 15.4. The molecule has 122 valence electrons. The smallest absolute Gasteiger partial charge is 0.173 e. The van der Waals surface area contributed by atoms with Crippen molar-refractivity contribution in [2.75, 3.05) is 36.8 Å². The molecule has 0 amide bonds. The third kappa shape index (κ3) is 3.66. The van der Waals surface area contributed by atoms with Crippen molar-refractivity contribution in [3.63, 3.8) is 0 Å². The van der Waals surface area contributed by atoms with Gasteiger partial charge in [0.1, 0.15) is 0 Å². The maximum absolute atomic E-state index is 5.31. The van der Waals surface area contributed by atoms with Gasteiger partial charge in [0.15, 0.2) is 10.2 Å². The molecule has 0 atom stereocenters. The summed E-state index contributed by atoms with van der Waals surface area (Å²) >= 11 is 10.6. The van der Waals surface area contributed by atoms with Crippen molar-refractivity contribution in [1.82, 2.24) is 9.80 Å². The molecule has 6 heteroatoms. The molecule has 4 rings (SSSR count). The van der Waals surface area contributed by atoms with Crippen LogP contribution >= 0.6 is 24.4 Å². The van der Waals surface area contributed by atoms with Gasteiger partial charge < -0.3 is 20.4 Å². The lowest BCUT2D eigenvalue weighted by Gasteiger charge is -2.11. The Balaban J connectivity index is 1.41. The molecule has 2 aromatic carbocycles. The fourth-order valence-corrected chi connectivity index (χ4v) is 3.00. The minimum atomic E-state index is 0.806. The average Bonchev–Trinajstić information content (AvgIpc) is 3.49. The van der Waals surface area contributed by atoms with E-state index >= 15 is 0 Å². The van der Waals surface area contributed by atoms with Crippen LogP contribution in [0.2, 0.25) is 0 Å². The minimum absolute atomic E-state index is 0.806. The number of benzene rings is 2. The van der Waals surface area contributed by atoms with Crippen LogP contribution in [0.3, 0.4) is 0 Å². The van der Waals surface area contributed by atoms with Crippen molar-refractivity contribution in [3.8, 4) is 11.1 Å². The van der Waals surface area contributed by atoms with Crippen molar-refractivity contribution in [3.05, 3.63) is 48.5 Å². The molecule has 0 bridgehead atoms. The highest BCUT2D eigenvalue weighted by atomic mass is 32.1. The van der Waals surface area contributed by atoms with Gasteiger partial charge in [0.2, 0.25) is 0 Å². The molecule has 2 aliphatic rings. The second kappa shape index (κ2) is 6.37. The van der Waals surface area contributed by atoms with Crippen LogP contribution in [0.5, 0.6) is 0 Å². The predicted octanol–water partition coefficient (Wildman–Crippen LogP) is 3.38. The number of nitrogens with one attached hydrogen (secondary N) is 2. The molecule has 0 unspecified atom stereocenters. The molecule has 2 N–H and O–H groups in total. The normalized spacial score (nSPS) is 15.0. The molecule has 24 heavy (non-hydrogen) atoms. The molecule has 0 aliphatic carbocycles. The van der Waals surface area contributed by atoms with Crippen LogP contribution < -0.4 is 10.6 Å². The van der Waals surface area contributed by atoms with Gasteiger partial charge in [0, 0.05) is 37.6 Å². The van der Waals surface area contributed by atoms with Gasteiger partial charge in [-0.3, -0.25) is 0 Å². The fourth-order valence-electron chi connectivity index (χ4n) is 2.40. The number of nitrogens with zero attached hydrogens (tertiary/aromatic N) is 2. The summed E-state index contributed by atoms with van der Waals surface area (Å²) in [6.07, 6.45) is 0. The first-order chi connectivity index (χ1) is 11.7. The van der Waals surface area contributed by atoms with E-state index in [1.54, 1.807) is 0 Å². The summed E-state index contributed by atoms with van der Waals surface area (Å²) in [7, 11) is 0. The lowest BCUT2D eigenvalue weighted by atomic mass is 10.1. The molecule has 2 aliphatic heterocycles. The van der Waals surface area contributed by atoms with Gasteiger partial charge in [-0.25, -0.2) is 0 Å². The number of hydrogen-bond donors (Lipinski definition) is 2. The highest BCUT2D eigenvalue weighted by molar-refractivity contribution is 7.80. The van der Waals surface area contributed by atoms with Crippen molar-refractivity contribution < 1.29 is 0 Å². The third-order valence-corrected chi connectivity index (χ3v) is 4.80. The van der Waals surface area contributed by atoms with Crippen LogP contribution in [0.1, 0.15) is 0 Å². The lowest BCUT2D eigenvalue weighted by Crippen LogP contribution is -2.18. The molecule has 2 fully saturated rings. The van der Waals surface area contributed by atoms with Crippen molar-refractivity contribution in [2.24, 2.45) is 0 Å². The van der Waals surface area contributed by atoms with E-state index in [-0.39, 0.29) is 0 Å². The van der Waals surface area contributed by atoms with Gasteiger partial charge in [-0.15, -0.1) is 0 Å². The Morgan fingerprint density at radius 3 is 1.25 bits per heavy atom. The van der Waals surface area contributed by atoms with Crippen molar-refractivity contribution >= 4 is 46.0 Å². The zero-order chi connectivity index (χ0) is 16.5. The Hall–Kier alpha value is -2.18. The second-order valence-corrected chi connectivity index (χ2v) is 6.76. The Bertz CT molecular complexity index is 695. The molecule has 4 nitrogen and oxygen atoms in total. The highest BCUT2D eigenvalue weighted by Crippen LogP contribution is 2.24. The zero-order valence-corrected chi connectivity index (χ0v) is 14.8. The Labute approximate surface area is 152 Å². The van der Waals surface area contributed by atoms with Crippen molar-refractivity contribution in [1.29, 1.82) is 0 Å². The van der Waals surface area contributed by atoms with E-state index in [1.807, 2.05) is 0 Å². The first-order valence-electron chi connectivity index (χ1n) is 8.01. The SMILES string of the molecule is S=C(Nc1ccc(-c2ccc(NC(=S)N3CC3)cc2)cc1)N1CC1. The van der Waals surface area contributed by atoms with E-state index in [4.69, 9.17) is 24.4 Å². The van der Waals surface area contributed by atoms with Gasteiger partial charge in [0.25, 0.3) is 0 Å². The maximum Gasteiger partial charge on any atom is 0.173 e. The molecule has 0 spiro atoms. The van der Waals surface area contributed by atoms with Crippen LogP contribution in [-0.2, 0) is 0 Å². The second-order valence-electron chi connectivity index (χ2n) is 5.99. The maximum atomic E-state index is 5.31. The van der Waals surface area contributed by atoms with Crippen LogP contribution in [0.4, 0.5) is 11.4 Å². The molecule has 0 radical (unpaired) electrons. The van der Waals surface area contributed by atoms with Gasteiger partial charge in [-0.05, 0) is 59.8 Å². The Morgan fingerprint density at radius 1 is 0.625 bits per heavy atom. The Morgan fingerprint density at radius 2 is 0.958 bits per heavy atom. The van der Waals surface area contributed by atoms with E-state index in [9.17, 15) is 0 Å². The number of rotatable bonds is 3. The minimum Gasteiger partial charge on any atom is -0.345 e. The Kier molecular flexibility index (Phi) is 4.08. The molecule has 0 aromatic heterocycles. The van der Waals surface area contributed by atoms with Gasteiger partial charge in [-0.2, -0.15) is 0 Å². The monoisotopic (exact) mass is 354 g/mol. The zero-order valence-electron chi connectivity index (χ0n) is 13.2. The summed E-state index contributed by atoms with van der Waals surface area (Å²) in [6.45, 7) is 4.24. The predicted molar refractivity (Wildman–Crippen MR) is 107 cm³/mol. The average molecular weight is 355 g/mol. The first-order valence-corrected chi connectivity index (χ1v) is 8.83. The topological polar surface area (TPSA) is 30.1 Å². The molecular weight excluding hydrogens is 336 g/mol. The van der Waals surface area contributed by atoms with Crippen LogP contribution in [0.15, 0.2) is 48.5 Å². The van der Waals surface area contributed by atoms with Crippen molar-refractivity contribution in [2.45, 2.75) is 0 Å². The third-order valence-electron chi connectivity index (χ3n) is 4.07. The summed E-state index contributed by atoms with van der Waals surface area (Å²) in [4.78, 5) is 4.25. The van der Waals surface area contributed by atoms with Gasteiger partial charge >= 0.3 is 0 Å². The summed E-state index contributed by atoms with van der Waals surface area (Å²) in [6, 6.07) is 16.7. The fraction of sp³-hybridized carbons (Fsp3) is 0.222.